The first kappa shape index (κ1) is 36.8. The molecule has 4 heterocycles. The summed E-state index contributed by atoms with van der Waals surface area (Å²) in [5.41, 5.74) is 1.33. The zero-order valence-corrected chi connectivity index (χ0v) is 26.8. The van der Waals surface area contributed by atoms with Crippen LogP contribution >= 0.6 is 0 Å². The first-order valence-corrected chi connectivity index (χ1v) is 15.8. The number of likely N-dealkylation sites (tertiary alicyclic amines) is 1. The Morgan fingerprint density at radius 3 is 1.82 bits per heavy atom. The monoisotopic (exact) mass is 684 g/mol. The van der Waals surface area contributed by atoms with Crippen molar-refractivity contribution in [2.24, 2.45) is 0 Å². The largest absolute Gasteiger partial charge is 0.493 e. The van der Waals surface area contributed by atoms with E-state index in [9.17, 15) is 49.2 Å². The molecule has 17 nitrogen and oxygen atoms in total. The standard InChI is InChI=1S/C32H40N6O11/c39-27-5-6-28(40)38(27)8-3-13-49-24-14-22-19-36(25(31(45)46)16-29(41)42)11-9-35(18-21-4-1-2-7-33-21)10-12-37(20-23(15-24)34-22)26(32(47)48)17-30(43)44/h1-2,4,7,14-15,25-26H,3,5-6,8-13,16-20H2,(H,41,42)(H,43,44)(H,45,46)(H,47,48). The number of fused-ring (bicyclic) bond motifs is 2. The third-order valence-electron chi connectivity index (χ3n) is 8.29. The van der Waals surface area contributed by atoms with E-state index >= 15 is 0 Å². The molecule has 0 saturated carbocycles. The van der Waals surface area contributed by atoms with Gasteiger partial charge < -0.3 is 25.2 Å². The molecule has 2 amide bonds. The number of aromatic nitrogens is 2. The van der Waals surface area contributed by atoms with Crippen LogP contribution in [0, 0.1) is 0 Å². The third-order valence-corrected chi connectivity index (χ3v) is 8.29. The van der Waals surface area contributed by atoms with Gasteiger partial charge in [-0.2, -0.15) is 0 Å². The van der Waals surface area contributed by atoms with Crippen LogP contribution in [0.4, 0.5) is 0 Å². The summed E-state index contributed by atoms with van der Waals surface area (Å²) in [4.78, 5) is 87.1. The summed E-state index contributed by atoms with van der Waals surface area (Å²) in [6, 6.07) is 5.70. The molecule has 4 rings (SSSR count). The van der Waals surface area contributed by atoms with Gasteiger partial charge in [0.1, 0.15) is 17.8 Å². The lowest BCUT2D eigenvalue weighted by atomic mass is 10.1. The summed E-state index contributed by atoms with van der Waals surface area (Å²) in [6.45, 7) is 1.05. The number of imide groups is 1. The molecule has 2 aromatic heterocycles. The van der Waals surface area contributed by atoms with Crippen LogP contribution < -0.4 is 4.74 Å². The highest BCUT2D eigenvalue weighted by molar-refractivity contribution is 6.01. The van der Waals surface area contributed by atoms with Crippen LogP contribution in [0.15, 0.2) is 36.5 Å². The average Bonchev–Trinajstić information content (AvgIpc) is 3.36. The van der Waals surface area contributed by atoms with Crippen LogP contribution in [0.3, 0.4) is 0 Å². The van der Waals surface area contributed by atoms with Gasteiger partial charge in [0.2, 0.25) is 11.8 Å². The van der Waals surface area contributed by atoms with Gasteiger partial charge in [-0.3, -0.25) is 58.3 Å². The fraction of sp³-hybridized carbons (Fsp3) is 0.500. The quantitative estimate of drug-likeness (QED) is 0.147. The summed E-state index contributed by atoms with van der Waals surface area (Å²) in [5, 5.41) is 39.2. The minimum absolute atomic E-state index is 0.0918. The average molecular weight is 685 g/mol. The molecule has 17 heteroatoms. The molecule has 4 N–H and O–H groups in total. The lowest BCUT2D eigenvalue weighted by Gasteiger charge is -2.34. The Labute approximate surface area is 281 Å². The van der Waals surface area contributed by atoms with Gasteiger partial charge in [0.05, 0.1) is 36.5 Å². The molecule has 2 atom stereocenters. The molecule has 0 radical (unpaired) electrons. The van der Waals surface area contributed by atoms with E-state index in [-0.39, 0.29) is 77.1 Å². The second kappa shape index (κ2) is 17.4. The number of amides is 2. The Kier molecular flexibility index (Phi) is 13.1. The Hall–Kier alpha value is -5.00. The lowest BCUT2D eigenvalue weighted by Crippen LogP contribution is -2.49. The van der Waals surface area contributed by atoms with Crippen LogP contribution in [0.5, 0.6) is 5.75 Å². The number of carbonyl (C=O) groups excluding carboxylic acids is 2. The van der Waals surface area contributed by atoms with Gasteiger partial charge in [0.15, 0.2) is 0 Å². The summed E-state index contributed by atoms with van der Waals surface area (Å²) in [6.07, 6.45) is 0.945. The number of carbonyl (C=O) groups is 6. The SMILES string of the molecule is O=C(O)CC(C(=O)O)N1CCN(Cc2ccccn2)CCN(C(CC(=O)O)C(=O)O)Cc2cc(OCCCN3C(=O)CCC3=O)cc(n2)C1. The highest BCUT2D eigenvalue weighted by Crippen LogP contribution is 2.22. The van der Waals surface area contributed by atoms with Crippen molar-refractivity contribution in [1.82, 2.24) is 29.6 Å². The Morgan fingerprint density at radius 2 is 1.35 bits per heavy atom. The number of aliphatic carboxylic acids is 4. The maximum absolute atomic E-state index is 12.3. The van der Waals surface area contributed by atoms with Crippen LogP contribution in [-0.4, -0.2) is 137 Å². The van der Waals surface area contributed by atoms with Gasteiger partial charge in [0.25, 0.3) is 0 Å². The fourth-order valence-electron chi connectivity index (χ4n) is 5.86. The summed E-state index contributed by atoms with van der Waals surface area (Å²) in [7, 11) is 0. The van der Waals surface area contributed by atoms with E-state index in [1.165, 1.54) is 14.7 Å². The smallest absolute Gasteiger partial charge is 0.321 e. The maximum Gasteiger partial charge on any atom is 0.321 e. The van der Waals surface area contributed by atoms with E-state index in [4.69, 9.17) is 4.74 Å². The van der Waals surface area contributed by atoms with Crippen molar-refractivity contribution in [1.29, 1.82) is 0 Å². The van der Waals surface area contributed by atoms with Gasteiger partial charge in [-0.15, -0.1) is 0 Å². The predicted octanol–water partition coefficient (Wildman–Crippen LogP) is 0.370. The molecule has 49 heavy (non-hydrogen) atoms. The van der Waals surface area contributed by atoms with E-state index in [0.29, 0.717) is 35.8 Å². The molecular weight excluding hydrogens is 644 g/mol. The minimum Gasteiger partial charge on any atom is -0.493 e. The maximum atomic E-state index is 12.3. The van der Waals surface area contributed by atoms with Gasteiger partial charge in [-0.05, 0) is 18.6 Å². The molecule has 0 spiro atoms. The molecule has 2 aliphatic heterocycles. The van der Waals surface area contributed by atoms with E-state index < -0.39 is 48.8 Å². The number of rotatable bonds is 15. The first-order valence-electron chi connectivity index (χ1n) is 15.8. The molecule has 2 bridgehead atoms. The van der Waals surface area contributed by atoms with E-state index in [1.807, 2.05) is 4.90 Å². The predicted molar refractivity (Wildman–Crippen MR) is 168 cm³/mol. The molecule has 0 aromatic carbocycles. The summed E-state index contributed by atoms with van der Waals surface area (Å²) in [5.74, 6) is -5.44. The van der Waals surface area contributed by atoms with Crippen LogP contribution in [0.1, 0.15) is 49.2 Å². The van der Waals surface area contributed by atoms with Crippen LogP contribution in [0.2, 0.25) is 0 Å². The van der Waals surface area contributed by atoms with Crippen molar-refractivity contribution in [3.8, 4) is 5.75 Å². The molecule has 0 aliphatic carbocycles. The van der Waals surface area contributed by atoms with Crippen LogP contribution in [0.25, 0.3) is 0 Å². The molecular formula is C32H40N6O11. The summed E-state index contributed by atoms with van der Waals surface area (Å²) < 4.78 is 5.95. The normalized spacial score (nSPS) is 17.9. The number of carboxylic acid groups (broad SMARTS) is 4. The zero-order valence-electron chi connectivity index (χ0n) is 26.8. The van der Waals surface area contributed by atoms with Gasteiger partial charge in [-0.25, -0.2) is 0 Å². The van der Waals surface area contributed by atoms with Gasteiger partial charge in [-0.1, -0.05) is 6.07 Å². The van der Waals surface area contributed by atoms with Crippen molar-refractivity contribution < 1.29 is 53.9 Å². The van der Waals surface area contributed by atoms with E-state index in [2.05, 4.69) is 9.97 Å². The number of nitrogens with zero attached hydrogens (tertiary/aromatic N) is 6. The minimum atomic E-state index is -1.40. The Morgan fingerprint density at radius 1 is 0.796 bits per heavy atom. The zero-order chi connectivity index (χ0) is 35.5. The van der Waals surface area contributed by atoms with Crippen molar-refractivity contribution in [2.75, 3.05) is 39.3 Å². The fourth-order valence-corrected chi connectivity index (χ4v) is 5.86. The highest BCUT2D eigenvalue weighted by Gasteiger charge is 2.32. The van der Waals surface area contributed by atoms with Crippen molar-refractivity contribution in [3.05, 3.63) is 53.6 Å². The molecule has 2 unspecified atom stereocenters. The van der Waals surface area contributed by atoms with Gasteiger partial charge in [0, 0.05) is 83.5 Å². The molecule has 264 valence electrons. The number of hydrogen-bond acceptors (Lipinski definition) is 12. The molecule has 1 saturated heterocycles. The summed E-state index contributed by atoms with van der Waals surface area (Å²) >= 11 is 0. The second-order valence-corrected chi connectivity index (χ2v) is 11.9. The van der Waals surface area contributed by atoms with Gasteiger partial charge >= 0.3 is 23.9 Å². The van der Waals surface area contributed by atoms with Crippen molar-refractivity contribution in [3.63, 3.8) is 0 Å². The topological polar surface area (TPSA) is 231 Å². The van der Waals surface area contributed by atoms with Crippen molar-refractivity contribution in [2.45, 2.75) is 63.8 Å². The third kappa shape index (κ3) is 11.0. The van der Waals surface area contributed by atoms with E-state index in [0.717, 1.165) is 0 Å². The Bertz CT molecular complexity index is 1440. The number of ether oxygens (including phenoxy) is 1. The lowest BCUT2D eigenvalue weighted by molar-refractivity contribution is -0.150. The molecule has 2 aromatic rings. The molecule has 2 aliphatic rings. The van der Waals surface area contributed by atoms with E-state index in [1.54, 1.807) is 36.5 Å². The number of pyridine rings is 2. The highest BCUT2D eigenvalue weighted by atomic mass is 16.5. The van der Waals surface area contributed by atoms with Crippen molar-refractivity contribution >= 4 is 35.7 Å². The van der Waals surface area contributed by atoms with Crippen LogP contribution in [-0.2, 0) is 48.4 Å². The first-order chi connectivity index (χ1) is 23.4. The molecule has 1 fully saturated rings. The number of carboxylic acids is 4. The second-order valence-electron chi connectivity index (χ2n) is 11.9. The number of hydrogen-bond donors (Lipinski definition) is 4. The Balaban J connectivity index is 1.67.